The summed E-state index contributed by atoms with van der Waals surface area (Å²) in [6.07, 6.45) is 1.78. The summed E-state index contributed by atoms with van der Waals surface area (Å²) in [6.45, 7) is 3.94. The van der Waals surface area contributed by atoms with Crippen LogP contribution in [0.15, 0.2) is 42.5 Å². The van der Waals surface area contributed by atoms with Gasteiger partial charge in [-0.2, -0.15) is 0 Å². The van der Waals surface area contributed by atoms with Gasteiger partial charge in [0.25, 0.3) is 0 Å². The molecule has 0 fully saturated rings. The molecule has 0 bridgehead atoms. The normalized spacial score (nSPS) is 11.6. The van der Waals surface area contributed by atoms with Gasteiger partial charge in [-0.15, -0.1) is 0 Å². The van der Waals surface area contributed by atoms with Crippen LogP contribution in [-0.2, 0) is 11.2 Å². The summed E-state index contributed by atoms with van der Waals surface area (Å²) in [7, 11) is 0. The van der Waals surface area contributed by atoms with Crippen LogP contribution in [0.2, 0.25) is 0 Å². The van der Waals surface area contributed by atoms with Crippen LogP contribution in [0.1, 0.15) is 32.3 Å². The van der Waals surface area contributed by atoms with Gasteiger partial charge in [-0.3, -0.25) is 4.79 Å². The highest BCUT2D eigenvalue weighted by molar-refractivity contribution is 5.90. The highest BCUT2D eigenvalue weighted by Crippen LogP contribution is 2.20. The third-order valence-electron chi connectivity index (χ3n) is 4.29. The molecule has 0 spiro atoms. The van der Waals surface area contributed by atoms with Crippen LogP contribution >= 0.6 is 0 Å². The van der Waals surface area contributed by atoms with Gasteiger partial charge in [0.1, 0.15) is 0 Å². The minimum Gasteiger partial charge on any atom is -0.394 e. The third-order valence-corrected chi connectivity index (χ3v) is 4.29. The molecule has 3 heteroatoms. The maximum absolute atomic E-state index is 12.3. The molecule has 1 amide bonds. The lowest BCUT2D eigenvalue weighted by Crippen LogP contribution is -2.51. The molecule has 0 saturated carbocycles. The zero-order valence-corrected chi connectivity index (χ0v) is 12.7. The zero-order chi connectivity index (χ0) is 15.3. The van der Waals surface area contributed by atoms with E-state index < -0.39 is 5.54 Å². The van der Waals surface area contributed by atoms with Gasteiger partial charge in [0.2, 0.25) is 5.91 Å². The molecule has 0 saturated heterocycles. The molecule has 21 heavy (non-hydrogen) atoms. The fourth-order valence-electron chi connectivity index (χ4n) is 2.65. The summed E-state index contributed by atoms with van der Waals surface area (Å²) in [4.78, 5) is 12.3. The number of benzene rings is 2. The van der Waals surface area contributed by atoms with E-state index in [9.17, 15) is 9.90 Å². The summed E-state index contributed by atoms with van der Waals surface area (Å²) < 4.78 is 0. The Morgan fingerprint density at radius 2 is 1.76 bits per heavy atom. The number of rotatable bonds is 6. The second kappa shape index (κ2) is 6.72. The first-order valence-electron chi connectivity index (χ1n) is 7.52. The first-order valence-corrected chi connectivity index (χ1v) is 7.52. The van der Waals surface area contributed by atoms with Gasteiger partial charge in [0.05, 0.1) is 18.6 Å². The van der Waals surface area contributed by atoms with Gasteiger partial charge in [0, 0.05) is 0 Å². The number of aliphatic hydroxyl groups is 1. The smallest absolute Gasteiger partial charge is 0.224 e. The van der Waals surface area contributed by atoms with Crippen LogP contribution in [0.25, 0.3) is 10.8 Å². The zero-order valence-electron chi connectivity index (χ0n) is 12.7. The largest absolute Gasteiger partial charge is 0.394 e. The molecule has 2 rings (SSSR count). The molecule has 0 aliphatic carbocycles. The average molecular weight is 285 g/mol. The highest BCUT2D eigenvalue weighted by Gasteiger charge is 2.27. The molecule has 0 unspecified atom stereocenters. The van der Waals surface area contributed by atoms with Crippen LogP contribution in [0, 0.1) is 0 Å². The maximum Gasteiger partial charge on any atom is 0.224 e. The second-order valence-corrected chi connectivity index (χ2v) is 5.51. The minimum atomic E-state index is -0.498. The molecule has 112 valence electrons. The molecule has 2 N–H and O–H groups in total. The molecule has 0 aliphatic heterocycles. The predicted octanol–water partition coefficient (Wildman–Crippen LogP) is 3.05. The SMILES string of the molecule is CCC(CC)(CO)NC(=O)Cc1cccc2ccccc12. The van der Waals surface area contributed by atoms with E-state index in [0.717, 1.165) is 29.2 Å². The Kier molecular flexibility index (Phi) is 4.97. The summed E-state index contributed by atoms with van der Waals surface area (Å²) in [5.41, 5.74) is 0.520. The topological polar surface area (TPSA) is 49.3 Å². The highest BCUT2D eigenvalue weighted by atomic mass is 16.3. The van der Waals surface area contributed by atoms with Crippen molar-refractivity contribution >= 4 is 16.7 Å². The van der Waals surface area contributed by atoms with E-state index in [-0.39, 0.29) is 12.5 Å². The van der Waals surface area contributed by atoms with Gasteiger partial charge in [-0.05, 0) is 29.2 Å². The molecular weight excluding hydrogens is 262 g/mol. The molecule has 3 nitrogen and oxygen atoms in total. The van der Waals surface area contributed by atoms with Crippen LogP contribution in [-0.4, -0.2) is 23.2 Å². The first-order chi connectivity index (χ1) is 10.1. The quantitative estimate of drug-likeness (QED) is 0.857. The van der Waals surface area contributed by atoms with Crippen LogP contribution in [0.4, 0.5) is 0 Å². The molecule has 0 aromatic heterocycles. The van der Waals surface area contributed by atoms with Crippen LogP contribution in [0.3, 0.4) is 0 Å². The predicted molar refractivity (Wildman–Crippen MR) is 86.2 cm³/mol. The number of nitrogens with one attached hydrogen (secondary N) is 1. The molecular formula is C18H23NO2. The summed E-state index contributed by atoms with van der Waals surface area (Å²) >= 11 is 0. The maximum atomic E-state index is 12.3. The lowest BCUT2D eigenvalue weighted by Gasteiger charge is -2.30. The van der Waals surface area contributed by atoms with Crippen molar-refractivity contribution in [1.82, 2.24) is 5.32 Å². The molecule has 0 heterocycles. The number of amides is 1. The van der Waals surface area contributed by atoms with Gasteiger partial charge in [0.15, 0.2) is 0 Å². The molecule has 2 aromatic rings. The number of hydrogen-bond donors (Lipinski definition) is 2. The number of carbonyl (C=O) groups excluding carboxylic acids is 1. The van der Waals surface area contributed by atoms with Crippen molar-refractivity contribution in [2.75, 3.05) is 6.61 Å². The van der Waals surface area contributed by atoms with Gasteiger partial charge < -0.3 is 10.4 Å². The second-order valence-electron chi connectivity index (χ2n) is 5.51. The summed E-state index contributed by atoms with van der Waals surface area (Å²) in [5.74, 6) is -0.0379. The van der Waals surface area contributed by atoms with Crippen molar-refractivity contribution in [2.45, 2.75) is 38.6 Å². The van der Waals surface area contributed by atoms with Crippen molar-refractivity contribution in [3.05, 3.63) is 48.0 Å². The van der Waals surface area contributed by atoms with Crippen molar-refractivity contribution in [3.63, 3.8) is 0 Å². The van der Waals surface area contributed by atoms with E-state index in [1.54, 1.807) is 0 Å². The Hall–Kier alpha value is -1.87. The molecule has 0 radical (unpaired) electrons. The summed E-state index contributed by atoms with van der Waals surface area (Å²) in [6, 6.07) is 14.1. The van der Waals surface area contributed by atoms with E-state index in [0.29, 0.717) is 6.42 Å². The first kappa shape index (κ1) is 15.5. The Bertz CT molecular complexity index is 604. The van der Waals surface area contributed by atoms with E-state index in [1.165, 1.54) is 0 Å². The molecule has 2 aromatic carbocycles. The van der Waals surface area contributed by atoms with Crippen molar-refractivity contribution < 1.29 is 9.90 Å². The average Bonchev–Trinajstić information content (AvgIpc) is 2.53. The van der Waals surface area contributed by atoms with Gasteiger partial charge in [-0.25, -0.2) is 0 Å². The fourth-order valence-corrected chi connectivity index (χ4v) is 2.65. The van der Waals surface area contributed by atoms with Crippen molar-refractivity contribution in [1.29, 1.82) is 0 Å². The fraction of sp³-hybridized carbons (Fsp3) is 0.389. The van der Waals surface area contributed by atoms with Crippen molar-refractivity contribution in [2.24, 2.45) is 0 Å². The van der Waals surface area contributed by atoms with E-state index in [1.807, 2.05) is 56.3 Å². The van der Waals surface area contributed by atoms with Crippen LogP contribution < -0.4 is 5.32 Å². The van der Waals surface area contributed by atoms with E-state index in [2.05, 4.69) is 5.32 Å². The number of carbonyl (C=O) groups is 1. The van der Waals surface area contributed by atoms with Crippen LogP contribution in [0.5, 0.6) is 0 Å². The number of hydrogen-bond acceptors (Lipinski definition) is 2. The molecule has 0 atom stereocenters. The Morgan fingerprint density at radius 3 is 2.43 bits per heavy atom. The van der Waals surface area contributed by atoms with Gasteiger partial charge >= 0.3 is 0 Å². The minimum absolute atomic E-state index is 0.0265. The third kappa shape index (κ3) is 3.42. The Morgan fingerprint density at radius 1 is 1.10 bits per heavy atom. The summed E-state index contributed by atoms with van der Waals surface area (Å²) in [5, 5.41) is 14.8. The monoisotopic (exact) mass is 285 g/mol. The lowest BCUT2D eigenvalue weighted by molar-refractivity contribution is -0.123. The van der Waals surface area contributed by atoms with Crippen molar-refractivity contribution in [3.8, 4) is 0 Å². The van der Waals surface area contributed by atoms with E-state index >= 15 is 0 Å². The number of aliphatic hydroxyl groups excluding tert-OH is 1. The Balaban J connectivity index is 2.19. The standard InChI is InChI=1S/C18H23NO2/c1-3-18(4-2,13-20)19-17(21)12-15-10-7-9-14-8-5-6-11-16(14)15/h5-11,20H,3-4,12-13H2,1-2H3,(H,19,21). The number of fused-ring (bicyclic) bond motifs is 1. The lowest BCUT2D eigenvalue weighted by atomic mass is 9.93. The molecule has 0 aliphatic rings. The Labute approximate surface area is 126 Å². The van der Waals surface area contributed by atoms with E-state index in [4.69, 9.17) is 0 Å². The van der Waals surface area contributed by atoms with Gasteiger partial charge in [-0.1, -0.05) is 56.3 Å².